The summed E-state index contributed by atoms with van der Waals surface area (Å²) in [5, 5.41) is 0. The lowest BCUT2D eigenvalue weighted by molar-refractivity contribution is 0.276. The van der Waals surface area contributed by atoms with Gasteiger partial charge in [0, 0.05) is 6.54 Å². The molecule has 0 heterocycles. The summed E-state index contributed by atoms with van der Waals surface area (Å²) in [5.41, 5.74) is 0. The highest BCUT2D eigenvalue weighted by molar-refractivity contribution is 14.1. The maximum absolute atomic E-state index is 4.92. The van der Waals surface area contributed by atoms with Gasteiger partial charge in [-0.3, -0.25) is 0 Å². The van der Waals surface area contributed by atoms with E-state index in [1.807, 2.05) is 23.0 Å². The summed E-state index contributed by atoms with van der Waals surface area (Å²) in [7, 11) is 0. The van der Waals surface area contributed by atoms with Gasteiger partial charge in [-0.15, -0.1) is 0 Å². The van der Waals surface area contributed by atoms with Crippen molar-refractivity contribution in [2.24, 2.45) is 0 Å². The topological polar surface area (TPSA) is 12.5 Å². The third-order valence-corrected chi connectivity index (χ3v) is 2.03. The van der Waals surface area contributed by atoms with Crippen LogP contribution in [0.1, 0.15) is 20.3 Å². The van der Waals surface area contributed by atoms with Gasteiger partial charge in [-0.2, -0.15) is 0 Å². The maximum Gasteiger partial charge on any atom is 0.109 e. The highest BCUT2D eigenvalue weighted by atomic mass is 127. The van der Waals surface area contributed by atoms with Gasteiger partial charge in [0.15, 0.2) is 0 Å². The number of halogens is 1. The lowest BCUT2D eigenvalue weighted by atomic mass is 10.4. The number of hydrogen-bond donors (Lipinski definition) is 0. The first kappa shape index (κ1) is 10.7. The Morgan fingerprint density at radius 1 is 1.30 bits per heavy atom. The second kappa shape index (κ2) is 7.75. The quantitative estimate of drug-likeness (QED) is 0.533. The van der Waals surface area contributed by atoms with E-state index in [0.717, 1.165) is 32.7 Å². The largest absolute Gasteiger partial charge is 0.316 e. The molecule has 0 aromatic heterocycles. The summed E-state index contributed by atoms with van der Waals surface area (Å²) in [6, 6.07) is 0. The molecule has 0 amide bonds. The lowest BCUT2D eigenvalue weighted by Gasteiger charge is -2.16. The van der Waals surface area contributed by atoms with Crippen LogP contribution >= 0.6 is 23.0 Å². The number of rotatable bonds is 6. The fourth-order valence-electron chi connectivity index (χ4n) is 0.883. The molecule has 0 aliphatic rings. The van der Waals surface area contributed by atoms with E-state index >= 15 is 0 Å². The molecule has 0 spiro atoms. The van der Waals surface area contributed by atoms with E-state index in [1.165, 1.54) is 0 Å². The Labute approximate surface area is 77.6 Å². The fraction of sp³-hybridized carbons (Fsp3) is 1.00. The molecular formula is C7H16INO. The SMILES string of the molecule is CCN(CC)CCCOI. The maximum atomic E-state index is 4.92. The summed E-state index contributed by atoms with van der Waals surface area (Å²) >= 11 is 1.94. The predicted octanol–water partition coefficient (Wildman–Crippen LogP) is 2.08. The highest BCUT2D eigenvalue weighted by Gasteiger charge is 1.96. The fourth-order valence-corrected chi connectivity index (χ4v) is 1.19. The Morgan fingerprint density at radius 3 is 2.30 bits per heavy atom. The number of nitrogens with zero attached hydrogens (tertiary/aromatic N) is 1. The monoisotopic (exact) mass is 257 g/mol. The van der Waals surface area contributed by atoms with Gasteiger partial charge in [0.25, 0.3) is 0 Å². The molecule has 10 heavy (non-hydrogen) atoms. The average molecular weight is 257 g/mol. The Bertz CT molecular complexity index is 66.6. The molecule has 0 aliphatic heterocycles. The van der Waals surface area contributed by atoms with Crippen molar-refractivity contribution in [1.29, 1.82) is 0 Å². The minimum Gasteiger partial charge on any atom is -0.316 e. The van der Waals surface area contributed by atoms with Crippen LogP contribution in [-0.2, 0) is 3.07 Å². The molecule has 2 nitrogen and oxygen atoms in total. The van der Waals surface area contributed by atoms with Crippen molar-refractivity contribution in [3.63, 3.8) is 0 Å². The van der Waals surface area contributed by atoms with Crippen LogP contribution < -0.4 is 0 Å². The van der Waals surface area contributed by atoms with Crippen LogP contribution in [0.5, 0.6) is 0 Å². The predicted molar refractivity (Wildman–Crippen MR) is 52.4 cm³/mol. The van der Waals surface area contributed by atoms with Gasteiger partial charge >= 0.3 is 0 Å². The van der Waals surface area contributed by atoms with E-state index in [1.54, 1.807) is 0 Å². The number of hydrogen-bond acceptors (Lipinski definition) is 2. The summed E-state index contributed by atoms with van der Waals surface area (Å²) in [6.45, 7) is 8.71. The average Bonchev–Trinajstić information content (AvgIpc) is 1.99. The molecule has 0 bridgehead atoms. The van der Waals surface area contributed by atoms with Gasteiger partial charge in [-0.05, 0) is 19.5 Å². The van der Waals surface area contributed by atoms with E-state index in [4.69, 9.17) is 3.07 Å². The van der Waals surface area contributed by atoms with Gasteiger partial charge in [-0.1, -0.05) is 13.8 Å². The zero-order chi connectivity index (χ0) is 7.82. The molecule has 0 atom stereocenters. The van der Waals surface area contributed by atoms with Crippen LogP contribution in [0.3, 0.4) is 0 Å². The van der Waals surface area contributed by atoms with E-state index in [9.17, 15) is 0 Å². The van der Waals surface area contributed by atoms with Crippen molar-refractivity contribution in [3.05, 3.63) is 0 Å². The standard InChI is InChI=1S/C7H16INO/c1-3-9(4-2)6-5-7-10-8/h3-7H2,1-2H3. The summed E-state index contributed by atoms with van der Waals surface area (Å²) < 4.78 is 4.92. The molecule has 0 rings (SSSR count). The Kier molecular flexibility index (Phi) is 8.26. The van der Waals surface area contributed by atoms with E-state index < -0.39 is 0 Å². The molecule has 0 N–H and O–H groups in total. The summed E-state index contributed by atoms with van der Waals surface area (Å²) in [5.74, 6) is 0. The van der Waals surface area contributed by atoms with Crippen LogP contribution in [0.15, 0.2) is 0 Å². The first-order valence-electron chi connectivity index (χ1n) is 3.81. The molecule has 0 fully saturated rings. The van der Waals surface area contributed by atoms with E-state index in [2.05, 4.69) is 18.7 Å². The van der Waals surface area contributed by atoms with Crippen LogP contribution in [0.2, 0.25) is 0 Å². The Balaban J connectivity index is 3.09. The summed E-state index contributed by atoms with van der Waals surface area (Å²) in [6.07, 6.45) is 1.14. The second-order valence-corrected chi connectivity index (χ2v) is 2.82. The van der Waals surface area contributed by atoms with Crippen LogP contribution in [0.4, 0.5) is 0 Å². The van der Waals surface area contributed by atoms with Gasteiger partial charge in [0.2, 0.25) is 0 Å². The zero-order valence-corrected chi connectivity index (χ0v) is 8.93. The minimum atomic E-state index is 0.872. The molecular weight excluding hydrogens is 241 g/mol. The van der Waals surface area contributed by atoms with Crippen molar-refractivity contribution >= 4 is 23.0 Å². The molecule has 0 radical (unpaired) electrons. The highest BCUT2D eigenvalue weighted by Crippen LogP contribution is 1.93. The normalized spacial score (nSPS) is 10.8. The third-order valence-electron chi connectivity index (χ3n) is 1.59. The summed E-state index contributed by atoms with van der Waals surface area (Å²) in [4.78, 5) is 2.40. The lowest BCUT2D eigenvalue weighted by Crippen LogP contribution is -2.24. The van der Waals surface area contributed by atoms with Crippen LogP contribution in [0.25, 0.3) is 0 Å². The second-order valence-electron chi connectivity index (χ2n) is 2.19. The Hall–Kier alpha value is 0.650. The smallest absolute Gasteiger partial charge is 0.109 e. The van der Waals surface area contributed by atoms with Gasteiger partial charge in [0.1, 0.15) is 23.0 Å². The molecule has 0 aromatic rings. The molecule has 3 heteroatoms. The first-order chi connectivity index (χ1) is 4.85. The molecule has 0 saturated carbocycles. The molecule has 62 valence electrons. The van der Waals surface area contributed by atoms with Crippen molar-refractivity contribution in [3.8, 4) is 0 Å². The van der Waals surface area contributed by atoms with E-state index in [0.29, 0.717) is 0 Å². The molecule has 0 unspecified atom stereocenters. The third kappa shape index (κ3) is 5.44. The molecule has 0 aromatic carbocycles. The van der Waals surface area contributed by atoms with Gasteiger partial charge in [0.05, 0.1) is 6.61 Å². The minimum absolute atomic E-state index is 0.872. The van der Waals surface area contributed by atoms with Crippen molar-refractivity contribution in [2.45, 2.75) is 20.3 Å². The van der Waals surface area contributed by atoms with Crippen molar-refractivity contribution in [1.82, 2.24) is 4.90 Å². The zero-order valence-electron chi connectivity index (χ0n) is 6.77. The van der Waals surface area contributed by atoms with Crippen molar-refractivity contribution < 1.29 is 3.07 Å². The van der Waals surface area contributed by atoms with Crippen molar-refractivity contribution in [2.75, 3.05) is 26.2 Å². The Morgan fingerprint density at radius 2 is 1.90 bits per heavy atom. The van der Waals surface area contributed by atoms with Gasteiger partial charge in [-0.25, -0.2) is 0 Å². The first-order valence-corrected chi connectivity index (χ1v) is 4.69. The van der Waals surface area contributed by atoms with Crippen LogP contribution in [-0.4, -0.2) is 31.1 Å². The van der Waals surface area contributed by atoms with Crippen LogP contribution in [0, 0.1) is 0 Å². The van der Waals surface area contributed by atoms with E-state index in [-0.39, 0.29) is 0 Å². The van der Waals surface area contributed by atoms with Gasteiger partial charge < -0.3 is 7.97 Å². The molecule has 0 saturated heterocycles. The molecule has 0 aliphatic carbocycles.